The second kappa shape index (κ2) is 31.0. The van der Waals surface area contributed by atoms with E-state index in [0.717, 1.165) is 38.5 Å². The van der Waals surface area contributed by atoms with Gasteiger partial charge in [-0.3, -0.25) is 23.2 Å². The van der Waals surface area contributed by atoms with Crippen molar-refractivity contribution < 1.29 is 32.2 Å². The number of phosphoric acid groups is 1. The van der Waals surface area contributed by atoms with Crippen LogP contribution in [0.3, 0.4) is 0 Å². The van der Waals surface area contributed by atoms with E-state index >= 15 is 0 Å². The van der Waals surface area contributed by atoms with Crippen molar-refractivity contribution in [3.63, 3.8) is 0 Å². The molecule has 2 amide bonds. The van der Waals surface area contributed by atoms with E-state index in [1.165, 1.54) is 110 Å². The van der Waals surface area contributed by atoms with Crippen molar-refractivity contribution in [1.82, 2.24) is 10.6 Å². The van der Waals surface area contributed by atoms with Crippen LogP contribution in [0, 0.1) is 0 Å². The van der Waals surface area contributed by atoms with Gasteiger partial charge in [0, 0.05) is 26.5 Å². The van der Waals surface area contributed by atoms with Gasteiger partial charge in [0.05, 0.1) is 33.8 Å². The molecule has 0 fully saturated rings. The minimum Gasteiger partial charge on any atom is -0.354 e. The first-order chi connectivity index (χ1) is 22.5. The van der Waals surface area contributed by atoms with Crippen molar-refractivity contribution >= 4 is 19.6 Å². The lowest BCUT2D eigenvalue weighted by molar-refractivity contribution is -0.870. The van der Waals surface area contributed by atoms with E-state index in [-0.39, 0.29) is 31.6 Å². The van der Waals surface area contributed by atoms with Crippen LogP contribution in [0.1, 0.15) is 168 Å². The molecule has 0 saturated heterocycles. The van der Waals surface area contributed by atoms with Crippen LogP contribution >= 0.6 is 7.82 Å². The van der Waals surface area contributed by atoms with Gasteiger partial charge in [-0.15, -0.1) is 0 Å². The van der Waals surface area contributed by atoms with Gasteiger partial charge in [-0.2, -0.15) is 0 Å². The summed E-state index contributed by atoms with van der Waals surface area (Å²) in [6.07, 6.45) is 27.9. The summed E-state index contributed by atoms with van der Waals surface area (Å²) in [7, 11) is 3.55. The summed E-state index contributed by atoms with van der Waals surface area (Å²) in [4.78, 5) is 25.4. The number of amides is 2. The van der Waals surface area contributed by atoms with Crippen LogP contribution in [0.25, 0.3) is 0 Å². The summed E-state index contributed by atoms with van der Waals surface area (Å²) < 4.78 is 29.9. The Hall–Kier alpha value is -0.990. The van der Waals surface area contributed by atoms with E-state index in [1.54, 1.807) is 0 Å². The molecule has 0 aromatic carbocycles. The fourth-order valence-corrected chi connectivity index (χ4v) is 6.38. The third-order valence-electron chi connectivity index (χ3n) is 8.59. The normalized spacial score (nSPS) is 13.7. The highest BCUT2D eigenvalue weighted by Crippen LogP contribution is 2.48. The van der Waals surface area contributed by atoms with Crippen molar-refractivity contribution in [2.75, 3.05) is 54.6 Å². The number of unbranched alkanes of at least 4 members (excludes halogenated alkanes) is 20. The molecule has 2 atom stereocenters. The molecule has 280 valence electrons. The SMILES string of the molecule is CCCCCCCCCCCCCC(=O)NCC(COP(=O)(OC)OCC[N+](C)(C)C)NC(=O)CCCCCCCCCCCCC. The fraction of sp³-hybridized carbons (Fsp3) is 0.946. The summed E-state index contributed by atoms with van der Waals surface area (Å²) in [5, 5.41) is 5.93. The standard InChI is InChI=1S/C37H76N3O6P/c1-7-9-11-13-15-17-19-21-23-25-27-29-36(41)38-33-35(34-46-47(43,44-6)45-32-31-40(3,4)5)39-37(42)30-28-26-24-22-20-18-16-14-12-10-8-2/h35H,7-34H2,1-6H3,(H-,38,39,41,42)/p+1. The van der Waals surface area contributed by atoms with Gasteiger partial charge in [0.1, 0.15) is 13.2 Å². The van der Waals surface area contributed by atoms with Crippen LogP contribution < -0.4 is 10.6 Å². The van der Waals surface area contributed by atoms with Gasteiger partial charge in [-0.1, -0.05) is 142 Å². The lowest BCUT2D eigenvalue weighted by Crippen LogP contribution is -2.46. The van der Waals surface area contributed by atoms with Gasteiger partial charge in [0.2, 0.25) is 11.8 Å². The maximum absolute atomic E-state index is 13.0. The van der Waals surface area contributed by atoms with Crippen LogP contribution in [0.5, 0.6) is 0 Å². The topological polar surface area (TPSA) is 103 Å². The highest BCUT2D eigenvalue weighted by atomic mass is 31.2. The van der Waals surface area contributed by atoms with Crippen LogP contribution in [0.4, 0.5) is 0 Å². The van der Waals surface area contributed by atoms with E-state index in [1.807, 2.05) is 21.1 Å². The molecule has 9 nitrogen and oxygen atoms in total. The van der Waals surface area contributed by atoms with Gasteiger partial charge in [0.25, 0.3) is 0 Å². The number of nitrogens with one attached hydrogen (secondary N) is 2. The molecule has 2 unspecified atom stereocenters. The number of hydrogen-bond donors (Lipinski definition) is 2. The number of carbonyl (C=O) groups is 2. The first-order valence-electron chi connectivity index (χ1n) is 19.4. The molecule has 0 aliphatic carbocycles. The minimum atomic E-state index is -3.79. The van der Waals surface area contributed by atoms with Crippen molar-refractivity contribution in [3.05, 3.63) is 0 Å². The average molecular weight is 691 g/mol. The molecule has 0 aliphatic rings. The molecule has 0 aliphatic heterocycles. The molecule has 47 heavy (non-hydrogen) atoms. The third kappa shape index (κ3) is 32.0. The van der Waals surface area contributed by atoms with E-state index in [9.17, 15) is 14.2 Å². The van der Waals surface area contributed by atoms with Crippen LogP contribution in [0.15, 0.2) is 0 Å². The number of carbonyl (C=O) groups excluding carboxylic acids is 2. The summed E-state index contributed by atoms with van der Waals surface area (Å²) in [6, 6.07) is -0.540. The molecule has 2 N–H and O–H groups in total. The quantitative estimate of drug-likeness (QED) is 0.0390. The van der Waals surface area contributed by atoms with Gasteiger partial charge in [-0.25, -0.2) is 4.57 Å². The lowest BCUT2D eigenvalue weighted by atomic mass is 10.1. The second-order valence-electron chi connectivity index (χ2n) is 14.4. The predicted octanol–water partition coefficient (Wildman–Crippen LogP) is 9.48. The molecule has 0 aromatic heterocycles. The number of hydrogen-bond acceptors (Lipinski definition) is 6. The Morgan fingerprint density at radius 1 is 0.617 bits per heavy atom. The lowest BCUT2D eigenvalue weighted by Gasteiger charge is -2.25. The maximum Gasteiger partial charge on any atom is 0.474 e. The van der Waals surface area contributed by atoms with Crippen molar-refractivity contribution in [3.8, 4) is 0 Å². The number of quaternary nitrogens is 1. The van der Waals surface area contributed by atoms with E-state index in [2.05, 4.69) is 24.5 Å². The van der Waals surface area contributed by atoms with E-state index < -0.39 is 13.9 Å². The zero-order chi connectivity index (χ0) is 35.1. The third-order valence-corrected chi connectivity index (χ3v) is 10.0. The molecule has 0 saturated carbocycles. The average Bonchev–Trinajstić information content (AvgIpc) is 3.03. The van der Waals surface area contributed by atoms with Crippen LogP contribution in [-0.4, -0.2) is 76.9 Å². The zero-order valence-corrected chi connectivity index (χ0v) is 32.6. The molecular weight excluding hydrogens is 613 g/mol. The van der Waals surface area contributed by atoms with Crippen LogP contribution in [0.2, 0.25) is 0 Å². The number of likely N-dealkylation sites (N-methyl/N-ethyl adjacent to an activating group) is 1. The second-order valence-corrected chi connectivity index (χ2v) is 16.2. The first-order valence-corrected chi connectivity index (χ1v) is 20.8. The molecule has 0 aromatic rings. The Kier molecular flexibility index (Phi) is 30.4. The Labute approximate surface area is 290 Å². The highest BCUT2D eigenvalue weighted by molar-refractivity contribution is 7.48. The monoisotopic (exact) mass is 691 g/mol. The molecule has 0 bridgehead atoms. The fourth-order valence-electron chi connectivity index (χ4n) is 5.43. The Bertz CT molecular complexity index is 793. The summed E-state index contributed by atoms with van der Waals surface area (Å²) in [5.41, 5.74) is 0. The first kappa shape index (κ1) is 46.0. The minimum absolute atomic E-state index is 0.0420. The largest absolute Gasteiger partial charge is 0.474 e. The number of phosphoric ester groups is 1. The smallest absolute Gasteiger partial charge is 0.354 e. The summed E-state index contributed by atoms with van der Waals surface area (Å²) in [6.45, 7) is 5.45. The van der Waals surface area contributed by atoms with Crippen molar-refractivity contribution in [2.24, 2.45) is 0 Å². The van der Waals surface area contributed by atoms with E-state index in [4.69, 9.17) is 13.6 Å². The molecule has 0 rings (SSSR count). The van der Waals surface area contributed by atoms with E-state index in [0.29, 0.717) is 23.9 Å². The maximum atomic E-state index is 13.0. The van der Waals surface area contributed by atoms with Crippen molar-refractivity contribution in [2.45, 2.75) is 174 Å². The molecule has 0 radical (unpaired) electrons. The molecule has 0 spiro atoms. The number of rotatable bonds is 35. The zero-order valence-electron chi connectivity index (χ0n) is 31.7. The summed E-state index contributed by atoms with van der Waals surface area (Å²) in [5.74, 6) is -0.132. The molecule has 0 heterocycles. The van der Waals surface area contributed by atoms with Gasteiger partial charge in [0.15, 0.2) is 0 Å². The Balaban J connectivity index is 4.55. The highest BCUT2D eigenvalue weighted by Gasteiger charge is 2.28. The van der Waals surface area contributed by atoms with Gasteiger partial charge >= 0.3 is 7.82 Å². The molecular formula is C37H77N3O6P+. The Morgan fingerprint density at radius 3 is 1.43 bits per heavy atom. The predicted molar refractivity (Wildman–Crippen MR) is 197 cm³/mol. The Morgan fingerprint density at radius 2 is 1.02 bits per heavy atom. The van der Waals surface area contributed by atoms with Gasteiger partial charge in [-0.05, 0) is 12.8 Å². The summed E-state index contributed by atoms with van der Waals surface area (Å²) >= 11 is 0. The van der Waals surface area contributed by atoms with Crippen LogP contribution in [-0.2, 0) is 27.7 Å². The number of nitrogens with zero attached hydrogens (tertiary/aromatic N) is 1. The molecule has 10 heteroatoms. The van der Waals surface area contributed by atoms with Crippen molar-refractivity contribution in [1.29, 1.82) is 0 Å². The van der Waals surface area contributed by atoms with Gasteiger partial charge < -0.3 is 15.1 Å².